The number of hydrogen-bond donors (Lipinski definition) is 1. The van der Waals surface area contributed by atoms with Gasteiger partial charge in [0.1, 0.15) is 5.82 Å². The summed E-state index contributed by atoms with van der Waals surface area (Å²) in [6.45, 7) is 3.87. The maximum absolute atomic E-state index is 13.3. The second-order valence-corrected chi connectivity index (χ2v) is 5.55. The van der Waals surface area contributed by atoms with Crippen LogP contribution in [0.1, 0.15) is 23.6 Å². The second-order valence-electron chi connectivity index (χ2n) is 5.14. The predicted octanol–water partition coefficient (Wildman–Crippen LogP) is 4.20. The van der Waals surface area contributed by atoms with Crippen molar-refractivity contribution in [1.29, 1.82) is 0 Å². The van der Waals surface area contributed by atoms with E-state index in [1.54, 1.807) is 6.07 Å². The fourth-order valence-corrected chi connectivity index (χ4v) is 2.60. The van der Waals surface area contributed by atoms with Crippen LogP contribution < -0.4 is 5.73 Å². The van der Waals surface area contributed by atoms with Crippen molar-refractivity contribution in [3.63, 3.8) is 0 Å². The monoisotopic (exact) mass is 277 g/mol. The van der Waals surface area contributed by atoms with E-state index in [4.69, 9.17) is 17.3 Å². The summed E-state index contributed by atoms with van der Waals surface area (Å²) in [7, 11) is 0. The van der Waals surface area contributed by atoms with Crippen molar-refractivity contribution in [3.8, 4) is 0 Å². The first-order valence-corrected chi connectivity index (χ1v) is 6.57. The molecule has 2 aromatic rings. The van der Waals surface area contributed by atoms with Crippen molar-refractivity contribution in [2.24, 2.45) is 5.73 Å². The molecule has 0 amide bonds. The molecule has 1 unspecified atom stereocenters. The van der Waals surface area contributed by atoms with E-state index < -0.39 is 5.54 Å². The number of aryl methyl sites for hydroxylation is 1. The van der Waals surface area contributed by atoms with Crippen molar-refractivity contribution in [2.75, 3.05) is 0 Å². The molecule has 0 bridgehead atoms. The Morgan fingerprint density at radius 2 is 1.89 bits per heavy atom. The Balaban J connectivity index is 2.36. The number of benzene rings is 2. The Morgan fingerprint density at radius 3 is 2.58 bits per heavy atom. The molecule has 1 nitrogen and oxygen atoms in total. The first-order chi connectivity index (χ1) is 8.90. The van der Waals surface area contributed by atoms with Gasteiger partial charge in [0.2, 0.25) is 0 Å². The standard InChI is InChI=1S/C16H17ClFN/c1-11-7-8-13(18)9-12(11)10-16(2,19)14-5-3-4-6-15(14)17/h3-9H,10,19H2,1-2H3. The molecule has 0 aliphatic rings. The highest BCUT2D eigenvalue weighted by Gasteiger charge is 2.24. The Kier molecular flexibility index (Phi) is 3.93. The zero-order chi connectivity index (χ0) is 14.0. The lowest BCUT2D eigenvalue weighted by Gasteiger charge is -2.27. The normalized spacial score (nSPS) is 14.2. The van der Waals surface area contributed by atoms with Gasteiger partial charge in [-0.1, -0.05) is 35.9 Å². The van der Waals surface area contributed by atoms with Crippen LogP contribution in [0, 0.1) is 12.7 Å². The second kappa shape index (κ2) is 5.32. The molecule has 0 heterocycles. The van der Waals surface area contributed by atoms with Gasteiger partial charge in [-0.25, -0.2) is 4.39 Å². The van der Waals surface area contributed by atoms with Crippen LogP contribution in [0.3, 0.4) is 0 Å². The quantitative estimate of drug-likeness (QED) is 0.894. The van der Waals surface area contributed by atoms with Crippen LogP contribution in [0.2, 0.25) is 5.02 Å². The summed E-state index contributed by atoms with van der Waals surface area (Å²) in [5.41, 5.74) is 8.57. The average molecular weight is 278 g/mol. The van der Waals surface area contributed by atoms with E-state index in [2.05, 4.69) is 0 Å². The fourth-order valence-electron chi connectivity index (χ4n) is 2.25. The van der Waals surface area contributed by atoms with Crippen LogP contribution >= 0.6 is 11.6 Å². The Bertz CT molecular complexity index is 593. The van der Waals surface area contributed by atoms with Crippen LogP contribution in [0.25, 0.3) is 0 Å². The van der Waals surface area contributed by atoms with E-state index in [9.17, 15) is 4.39 Å². The summed E-state index contributed by atoms with van der Waals surface area (Å²) in [6.07, 6.45) is 0.542. The van der Waals surface area contributed by atoms with Crippen molar-refractivity contribution >= 4 is 11.6 Å². The van der Waals surface area contributed by atoms with E-state index in [0.717, 1.165) is 16.7 Å². The fraction of sp³-hybridized carbons (Fsp3) is 0.250. The van der Waals surface area contributed by atoms with Crippen LogP contribution in [0.5, 0.6) is 0 Å². The SMILES string of the molecule is Cc1ccc(F)cc1CC(C)(N)c1ccccc1Cl. The zero-order valence-electron chi connectivity index (χ0n) is 11.1. The van der Waals surface area contributed by atoms with E-state index >= 15 is 0 Å². The van der Waals surface area contributed by atoms with Crippen LogP contribution in [0.4, 0.5) is 4.39 Å². The topological polar surface area (TPSA) is 26.0 Å². The van der Waals surface area contributed by atoms with Crippen LogP contribution in [-0.2, 0) is 12.0 Å². The van der Waals surface area contributed by atoms with E-state index in [0.29, 0.717) is 11.4 Å². The minimum absolute atomic E-state index is 0.240. The van der Waals surface area contributed by atoms with E-state index in [-0.39, 0.29) is 5.82 Å². The molecule has 0 spiro atoms. The summed E-state index contributed by atoms with van der Waals surface area (Å²) in [5.74, 6) is -0.240. The largest absolute Gasteiger partial charge is 0.321 e. The molecule has 19 heavy (non-hydrogen) atoms. The number of hydrogen-bond acceptors (Lipinski definition) is 1. The molecule has 3 heteroatoms. The van der Waals surface area contributed by atoms with E-state index in [1.807, 2.05) is 38.1 Å². The van der Waals surface area contributed by atoms with Crippen molar-refractivity contribution in [2.45, 2.75) is 25.8 Å². The van der Waals surface area contributed by atoms with E-state index in [1.165, 1.54) is 12.1 Å². The molecule has 0 aromatic heterocycles. The third-order valence-corrected chi connectivity index (χ3v) is 3.69. The number of rotatable bonds is 3. The molecule has 0 saturated heterocycles. The first-order valence-electron chi connectivity index (χ1n) is 6.19. The van der Waals surface area contributed by atoms with Gasteiger partial charge in [-0.3, -0.25) is 0 Å². The Morgan fingerprint density at radius 1 is 1.21 bits per heavy atom. The summed E-state index contributed by atoms with van der Waals surface area (Å²) in [6, 6.07) is 12.3. The summed E-state index contributed by atoms with van der Waals surface area (Å²) in [5, 5.41) is 0.640. The van der Waals surface area contributed by atoms with Gasteiger partial charge in [0.15, 0.2) is 0 Å². The highest BCUT2D eigenvalue weighted by atomic mass is 35.5. The molecule has 2 rings (SSSR count). The van der Waals surface area contributed by atoms with Crippen molar-refractivity contribution in [1.82, 2.24) is 0 Å². The molecule has 0 aliphatic carbocycles. The zero-order valence-corrected chi connectivity index (χ0v) is 11.8. The van der Waals surface area contributed by atoms with Gasteiger partial charge in [-0.15, -0.1) is 0 Å². The molecule has 100 valence electrons. The summed E-state index contributed by atoms with van der Waals surface area (Å²) < 4.78 is 13.3. The number of nitrogens with two attached hydrogens (primary N) is 1. The molecular formula is C16H17ClFN. The smallest absolute Gasteiger partial charge is 0.123 e. The minimum atomic E-state index is -0.628. The van der Waals surface area contributed by atoms with Gasteiger partial charge in [0.25, 0.3) is 0 Å². The average Bonchev–Trinajstić information content (AvgIpc) is 2.34. The maximum atomic E-state index is 13.3. The van der Waals surface area contributed by atoms with Gasteiger partial charge in [0, 0.05) is 10.6 Å². The summed E-state index contributed by atoms with van der Waals surface area (Å²) in [4.78, 5) is 0. The molecule has 0 fully saturated rings. The third-order valence-electron chi connectivity index (χ3n) is 3.36. The predicted molar refractivity (Wildman–Crippen MR) is 77.8 cm³/mol. The van der Waals surface area contributed by atoms with Crippen LogP contribution in [0.15, 0.2) is 42.5 Å². The molecule has 1 atom stereocenters. The third kappa shape index (κ3) is 3.14. The van der Waals surface area contributed by atoms with Gasteiger partial charge >= 0.3 is 0 Å². The van der Waals surface area contributed by atoms with Gasteiger partial charge in [-0.2, -0.15) is 0 Å². The lowest BCUT2D eigenvalue weighted by atomic mass is 9.85. The lowest BCUT2D eigenvalue weighted by molar-refractivity contribution is 0.488. The molecule has 2 N–H and O–H groups in total. The van der Waals surface area contributed by atoms with Crippen LogP contribution in [-0.4, -0.2) is 0 Å². The summed E-state index contributed by atoms with van der Waals surface area (Å²) >= 11 is 6.19. The van der Waals surface area contributed by atoms with Gasteiger partial charge in [0.05, 0.1) is 0 Å². The molecular weight excluding hydrogens is 261 g/mol. The van der Waals surface area contributed by atoms with Crippen molar-refractivity contribution in [3.05, 3.63) is 70.0 Å². The highest BCUT2D eigenvalue weighted by molar-refractivity contribution is 6.31. The van der Waals surface area contributed by atoms with Gasteiger partial charge < -0.3 is 5.73 Å². The Labute approximate surface area is 118 Å². The maximum Gasteiger partial charge on any atom is 0.123 e. The van der Waals surface area contributed by atoms with Crippen molar-refractivity contribution < 1.29 is 4.39 Å². The van der Waals surface area contributed by atoms with Gasteiger partial charge in [-0.05, 0) is 55.2 Å². The lowest BCUT2D eigenvalue weighted by Crippen LogP contribution is -2.36. The molecule has 0 radical (unpaired) electrons. The Hall–Kier alpha value is -1.38. The highest BCUT2D eigenvalue weighted by Crippen LogP contribution is 2.29. The first kappa shape index (κ1) is 14.0. The molecule has 0 saturated carbocycles. The number of halogens is 2. The molecule has 0 aliphatic heterocycles. The molecule has 2 aromatic carbocycles. The minimum Gasteiger partial charge on any atom is -0.321 e.